The number of nitrogens with zero attached hydrogens (tertiary/aromatic N) is 1. The van der Waals surface area contributed by atoms with E-state index in [2.05, 4.69) is 10.3 Å². The van der Waals surface area contributed by atoms with Gasteiger partial charge in [-0.15, -0.1) is 0 Å². The molecule has 0 unspecified atom stereocenters. The highest BCUT2D eigenvalue weighted by Gasteiger charge is 2.42. The van der Waals surface area contributed by atoms with Crippen LogP contribution in [0.5, 0.6) is 0 Å². The average molecular weight is 579 g/mol. The molecule has 5 atom stereocenters. The van der Waals surface area contributed by atoms with Crippen molar-refractivity contribution in [2.24, 2.45) is 22.4 Å². The van der Waals surface area contributed by atoms with Crippen LogP contribution in [-0.2, 0) is 38.0 Å². The van der Waals surface area contributed by atoms with Crippen LogP contribution in [-0.4, -0.2) is 130 Å². The molecule has 8 N–H and O–H groups in total. The molecule has 0 radical (unpaired) electrons. The Kier molecular flexibility index (Phi) is 18.9. The summed E-state index contributed by atoms with van der Waals surface area (Å²) in [6.45, 7) is 6.79. The quantitative estimate of drug-likeness (QED) is 0.0454. The molecule has 15 nitrogen and oxygen atoms in total. The molecule has 0 aliphatic carbocycles. The summed E-state index contributed by atoms with van der Waals surface area (Å²) in [6.07, 6.45) is -1.14. The first kappa shape index (κ1) is 35.5. The number of nitrogens with one attached hydrogen (secondary N) is 1. The molecule has 0 spiro atoms. The third-order valence-electron chi connectivity index (χ3n) is 5.71. The van der Waals surface area contributed by atoms with E-state index in [-0.39, 0.29) is 38.0 Å². The number of aliphatic carboxylic acids is 1. The number of carboxylic acid groups (broad SMARTS) is 1. The number of aliphatic hydroxyl groups is 2. The lowest BCUT2D eigenvalue weighted by molar-refractivity contribution is -0.155. The van der Waals surface area contributed by atoms with Crippen molar-refractivity contribution in [3.63, 3.8) is 0 Å². The van der Waals surface area contributed by atoms with Crippen LogP contribution >= 0.6 is 0 Å². The van der Waals surface area contributed by atoms with Crippen molar-refractivity contribution in [2.45, 2.75) is 51.0 Å². The molecule has 40 heavy (non-hydrogen) atoms. The summed E-state index contributed by atoms with van der Waals surface area (Å²) in [5.41, 5.74) is 10.9. The van der Waals surface area contributed by atoms with E-state index < -0.39 is 48.6 Å². The maximum absolute atomic E-state index is 12.1. The first-order chi connectivity index (χ1) is 19.2. The lowest BCUT2D eigenvalue weighted by Gasteiger charge is -2.38. The van der Waals surface area contributed by atoms with E-state index in [4.69, 9.17) is 39.9 Å². The third-order valence-corrected chi connectivity index (χ3v) is 5.71. The Labute approximate surface area is 234 Å². The van der Waals surface area contributed by atoms with E-state index >= 15 is 0 Å². The van der Waals surface area contributed by atoms with E-state index in [1.807, 2.05) is 6.92 Å². The van der Waals surface area contributed by atoms with Gasteiger partial charge in [0.1, 0.15) is 18.3 Å². The molecule has 0 saturated heterocycles. The van der Waals surface area contributed by atoms with Gasteiger partial charge >= 0.3 is 5.97 Å². The van der Waals surface area contributed by atoms with Crippen molar-refractivity contribution in [2.75, 3.05) is 72.6 Å². The SMILES string of the molecule is CCCOCCOCCOCCOCCC(=O)NCCO[C@@H]([C@@H]1OC(C(=O)O)=C[C@H](N=C(N)N)[C@H]1C)[C@H](O)CO. The van der Waals surface area contributed by atoms with Crippen LogP contribution in [0, 0.1) is 5.92 Å². The summed E-state index contributed by atoms with van der Waals surface area (Å²) in [6, 6.07) is -0.749. The molecule has 0 bridgehead atoms. The number of carboxylic acids is 1. The Morgan fingerprint density at radius 1 is 1.02 bits per heavy atom. The van der Waals surface area contributed by atoms with Crippen LogP contribution < -0.4 is 16.8 Å². The highest BCUT2D eigenvalue weighted by atomic mass is 16.6. The second kappa shape index (κ2) is 21.2. The highest BCUT2D eigenvalue weighted by Crippen LogP contribution is 2.30. The molecule has 0 aromatic heterocycles. The minimum absolute atomic E-state index is 0.0410. The van der Waals surface area contributed by atoms with Gasteiger partial charge in [0.15, 0.2) is 5.96 Å². The Morgan fingerprint density at radius 3 is 2.12 bits per heavy atom. The molecular formula is C25H46N4O11. The number of hydrogen-bond donors (Lipinski definition) is 6. The highest BCUT2D eigenvalue weighted by molar-refractivity contribution is 5.85. The zero-order valence-corrected chi connectivity index (χ0v) is 23.4. The molecule has 15 heteroatoms. The smallest absolute Gasteiger partial charge is 0.370 e. The molecule has 1 heterocycles. The van der Waals surface area contributed by atoms with Crippen LogP contribution in [0.4, 0.5) is 0 Å². The van der Waals surface area contributed by atoms with Gasteiger partial charge in [-0.05, 0) is 12.5 Å². The molecule has 1 amide bonds. The number of rotatable bonds is 23. The number of guanidine groups is 1. The Hall–Kier alpha value is -2.53. The predicted octanol–water partition coefficient (Wildman–Crippen LogP) is -1.65. The summed E-state index contributed by atoms with van der Waals surface area (Å²) < 4.78 is 32.7. The standard InChI is InChI=1S/C25H46N4O11/c1-3-6-35-9-11-37-13-14-38-12-10-36-7-4-21(32)28-5-8-39-23(19(31)16-30)22-17(2)18(29-25(26)27)15-20(40-22)24(33)34/h15,17-19,22-23,30-31H,3-14,16H2,1-2H3,(H,28,32)(H,33,34)(H4,26,27,29)/t17-,18+,19-,22-,23-/m1/s1. The third kappa shape index (κ3) is 14.7. The van der Waals surface area contributed by atoms with Crippen molar-refractivity contribution in [3.8, 4) is 0 Å². The summed E-state index contributed by atoms with van der Waals surface area (Å²) in [5.74, 6) is -2.77. The van der Waals surface area contributed by atoms with Crippen LogP contribution in [0.15, 0.2) is 16.8 Å². The van der Waals surface area contributed by atoms with Gasteiger partial charge in [-0.1, -0.05) is 13.8 Å². The van der Waals surface area contributed by atoms with Gasteiger partial charge in [0, 0.05) is 25.5 Å². The number of aliphatic imine (C=N–C) groups is 1. The predicted molar refractivity (Wildman–Crippen MR) is 143 cm³/mol. The number of carbonyl (C=O) groups is 2. The fourth-order valence-electron chi connectivity index (χ4n) is 3.68. The number of nitrogens with two attached hydrogens (primary N) is 2. The summed E-state index contributed by atoms with van der Waals surface area (Å²) in [5, 5.41) is 31.9. The first-order valence-corrected chi connectivity index (χ1v) is 13.4. The first-order valence-electron chi connectivity index (χ1n) is 13.4. The zero-order chi connectivity index (χ0) is 29.8. The van der Waals surface area contributed by atoms with Gasteiger partial charge in [-0.2, -0.15) is 0 Å². The molecule has 1 aliphatic heterocycles. The Balaban J connectivity index is 2.31. The van der Waals surface area contributed by atoms with Crippen molar-refractivity contribution in [3.05, 3.63) is 11.8 Å². The van der Waals surface area contributed by atoms with Crippen molar-refractivity contribution in [1.82, 2.24) is 5.32 Å². The minimum Gasteiger partial charge on any atom is -0.480 e. The summed E-state index contributed by atoms with van der Waals surface area (Å²) >= 11 is 0. The molecule has 0 aromatic rings. The molecule has 0 saturated carbocycles. The largest absolute Gasteiger partial charge is 0.480 e. The average Bonchev–Trinajstić information content (AvgIpc) is 2.92. The monoisotopic (exact) mass is 578 g/mol. The molecule has 0 aromatic carbocycles. The maximum Gasteiger partial charge on any atom is 0.370 e. The number of carbonyl (C=O) groups excluding carboxylic acids is 1. The number of amides is 1. The molecule has 232 valence electrons. The van der Waals surface area contributed by atoms with E-state index in [0.717, 1.165) is 13.0 Å². The van der Waals surface area contributed by atoms with E-state index in [9.17, 15) is 24.9 Å². The van der Waals surface area contributed by atoms with Crippen LogP contribution in [0.3, 0.4) is 0 Å². The van der Waals surface area contributed by atoms with Crippen molar-refractivity contribution in [1.29, 1.82) is 0 Å². The summed E-state index contributed by atoms with van der Waals surface area (Å²) in [7, 11) is 0. The van der Waals surface area contributed by atoms with Gasteiger partial charge in [0.2, 0.25) is 11.7 Å². The Morgan fingerprint density at radius 2 is 1.60 bits per heavy atom. The van der Waals surface area contributed by atoms with Gasteiger partial charge in [-0.3, -0.25) is 4.79 Å². The van der Waals surface area contributed by atoms with Gasteiger partial charge in [0.05, 0.1) is 65.5 Å². The fraction of sp³-hybridized carbons (Fsp3) is 0.800. The second-order valence-electron chi connectivity index (χ2n) is 8.96. The van der Waals surface area contributed by atoms with Crippen LogP contribution in [0.2, 0.25) is 0 Å². The zero-order valence-electron chi connectivity index (χ0n) is 23.4. The second-order valence-corrected chi connectivity index (χ2v) is 8.96. The topological polar surface area (TPSA) is 227 Å². The minimum atomic E-state index is -1.39. The van der Waals surface area contributed by atoms with E-state index in [0.29, 0.717) is 39.6 Å². The van der Waals surface area contributed by atoms with Crippen molar-refractivity contribution >= 4 is 17.8 Å². The maximum atomic E-state index is 12.1. The number of hydrogen-bond acceptors (Lipinski definition) is 11. The molecule has 0 fully saturated rings. The van der Waals surface area contributed by atoms with Crippen LogP contribution in [0.25, 0.3) is 0 Å². The molecule has 1 rings (SSSR count). The van der Waals surface area contributed by atoms with Crippen molar-refractivity contribution < 1.29 is 53.3 Å². The number of aliphatic hydroxyl groups excluding tert-OH is 2. The Bertz CT molecular complexity index is 780. The number of ether oxygens (including phenoxy) is 6. The lowest BCUT2D eigenvalue weighted by Crippen LogP contribution is -2.51. The van der Waals surface area contributed by atoms with Gasteiger partial charge in [0.25, 0.3) is 0 Å². The van der Waals surface area contributed by atoms with Crippen LogP contribution in [0.1, 0.15) is 26.7 Å². The molecular weight excluding hydrogens is 532 g/mol. The summed E-state index contributed by atoms with van der Waals surface area (Å²) in [4.78, 5) is 27.6. The van der Waals surface area contributed by atoms with E-state index in [1.165, 1.54) is 6.08 Å². The fourth-order valence-corrected chi connectivity index (χ4v) is 3.68. The van der Waals surface area contributed by atoms with Gasteiger partial charge in [-0.25, -0.2) is 9.79 Å². The lowest BCUT2D eigenvalue weighted by atomic mass is 9.87. The van der Waals surface area contributed by atoms with Gasteiger partial charge < -0.3 is 60.5 Å². The van der Waals surface area contributed by atoms with E-state index in [1.54, 1.807) is 6.92 Å². The normalized spacial score (nSPS) is 20.2. The molecule has 1 aliphatic rings.